The van der Waals surface area contributed by atoms with E-state index in [1.165, 1.54) is 0 Å². The topological polar surface area (TPSA) is 102 Å². The number of likely N-dealkylation sites (tertiary alicyclic amines) is 1. The number of carbonyl (C=O) groups excluding carboxylic acids is 1. The maximum atomic E-state index is 13.7. The van der Waals surface area contributed by atoms with Crippen molar-refractivity contribution in [3.8, 4) is 0 Å². The van der Waals surface area contributed by atoms with Crippen molar-refractivity contribution in [3.63, 3.8) is 0 Å². The molecule has 0 aliphatic carbocycles. The second kappa shape index (κ2) is 5.85. The first-order valence-electron chi connectivity index (χ1n) is 8.93. The third kappa shape index (κ3) is 2.43. The molecular weight excluding hydrogens is 339 g/mol. The lowest BCUT2D eigenvalue weighted by molar-refractivity contribution is -0.133. The van der Waals surface area contributed by atoms with Crippen molar-refractivity contribution in [2.75, 3.05) is 31.1 Å². The maximum absolute atomic E-state index is 13.7. The third-order valence-corrected chi connectivity index (χ3v) is 5.80. The second-order valence-corrected chi connectivity index (χ2v) is 7.48. The molecule has 1 amide bonds. The Bertz CT molecular complexity index is 829. The van der Waals surface area contributed by atoms with Gasteiger partial charge in [-0.05, 0) is 18.8 Å². The van der Waals surface area contributed by atoms with E-state index in [9.17, 15) is 9.18 Å². The molecule has 3 saturated heterocycles. The van der Waals surface area contributed by atoms with Crippen molar-refractivity contribution >= 4 is 22.8 Å². The summed E-state index contributed by atoms with van der Waals surface area (Å²) in [5, 5.41) is 13.8. The number of aromatic amines is 1. The highest BCUT2D eigenvalue weighted by Crippen LogP contribution is 2.35. The maximum Gasteiger partial charge on any atom is 0.258 e. The number of hydrogen-bond donors (Lipinski definition) is 3. The van der Waals surface area contributed by atoms with Gasteiger partial charge in [-0.3, -0.25) is 20.1 Å². The van der Waals surface area contributed by atoms with E-state index in [4.69, 9.17) is 0 Å². The zero-order valence-corrected chi connectivity index (χ0v) is 14.4. The van der Waals surface area contributed by atoms with Crippen LogP contribution in [-0.4, -0.2) is 75.7 Å². The summed E-state index contributed by atoms with van der Waals surface area (Å²) in [7, 11) is 0. The van der Waals surface area contributed by atoms with Crippen molar-refractivity contribution in [1.29, 1.82) is 0 Å². The largest absolute Gasteiger partial charge is 0.355 e. The summed E-state index contributed by atoms with van der Waals surface area (Å²) in [6, 6.07) is -0.471. The minimum absolute atomic E-state index is 0.289. The Balaban J connectivity index is 1.28. The van der Waals surface area contributed by atoms with Gasteiger partial charge in [0.1, 0.15) is 18.4 Å². The molecule has 0 radical (unpaired) electrons. The van der Waals surface area contributed by atoms with Gasteiger partial charge in [0.05, 0.1) is 11.6 Å². The van der Waals surface area contributed by atoms with E-state index in [2.05, 4.69) is 40.6 Å². The fraction of sp³-hybridized carbons (Fsp3) is 0.625. The van der Waals surface area contributed by atoms with Crippen LogP contribution in [0.5, 0.6) is 0 Å². The van der Waals surface area contributed by atoms with Crippen LogP contribution >= 0.6 is 0 Å². The molecule has 3 aliphatic heterocycles. The van der Waals surface area contributed by atoms with Crippen molar-refractivity contribution in [1.82, 2.24) is 35.7 Å². The van der Waals surface area contributed by atoms with Crippen LogP contribution in [0.4, 0.5) is 10.2 Å². The van der Waals surface area contributed by atoms with Gasteiger partial charge in [-0.2, -0.15) is 5.10 Å². The molecule has 0 saturated carbocycles. The van der Waals surface area contributed by atoms with Gasteiger partial charge in [0.15, 0.2) is 11.8 Å². The monoisotopic (exact) mass is 360 g/mol. The minimum atomic E-state index is -1.49. The van der Waals surface area contributed by atoms with E-state index in [0.717, 1.165) is 43.0 Å². The van der Waals surface area contributed by atoms with Gasteiger partial charge in [0, 0.05) is 32.2 Å². The van der Waals surface area contributed by atoms with E-state index in [1.807, 2.05) is 0 Å². The molecule has 0 bridgehead atoms. The number of alkyl halides is 1. The van der Waals surface area contributed by atoms with Gasteiger partial charge < -0.3 is 10.2 Å². The highest BCUT2D eigenvalue weighted by Gasteiger charge is 2.45. The standard InChI is InChI=1S/C16H21FN8O/c1-8-12(17)15(26)22-16(21-8)25-5-9-3-24(4-10(9)6-25)14-11-2-20-23-13(11)18-7-19-14/h2,7-10,12,16,21H,3-6H2,1H3,(H,22,26)(H,18,19,20,23). The highest BCUT2D eigenvalue weighted by molar-refractivity contribution is 5.86. The summed E-state index contributed by atoms with van der Waals surface area (Å²) in [6.07, 6.45) is 1.55. The summed E-state index contributed by atoms with van der Waals surface area (Å²) in [5.41, 5.74) is 0.748. The molecule has 10 heteroatoms. The summed E-state index contributed by atoms with van der Waals surface area (Å²) < 4.78 is 13.7. The summed E-state index contributed by atoms with van der Waals surface area (Å²) in [6.45, 7) is 5.24. The average molecular weight is 360 g/mol. The van der Waals surface area contributed by atoms with Crippen LogP contribution in [0.25, 0.3) is 11.0 Å². The number of fused-ring (bicyclic) bond motifs is 2. The molecule has 3 aliphatic rings. The molecule has 0 spiro atoms. The van der Waals surface area contributed by atoms with E-state index in [1.54, 1.807) is 19.4 Å². The van der Waals surface area contributed by atoms with Crippen LogP contribution in [0.2, 0.25) is 0 Å². The van der Waals surface area contributed by atoms with Gasteiger partial charge >= 0.3 is 0 Å². The molecule has 5 unspecified atom stereocenters. The molecule has 26 heavy (non-hydrogen) atoms. The first kappa shape index (κ1) is 15.9. The Morgan fingerprint density at radius 3 is 2.69 bits per heavy atom. The highest BCUT2D eigenvalue weighted by atomic mass is 19.1. The fourth-order valence-electron chi connectivity index (χ4n) is 4.43. The lowest BCUT2D eigenvalue weighted by Crippen LogP contribution is -2.67. The number of hydrogen-bond acceptors (Lipinski definition) is 7. The van der Waals surface area contributed by atoms with Crippen LogP contribution in [0, 0.1) is 11.8 Å². The summed E-state index contributed by atoms with van der Waals surface area (Å²) >= 11 is 0. The van der Waals surface area contributed by atoms with Gasteiger partial charge in [0.25, 0.3) is 5.91 Å². The zero-order chi connectivity index (χ0) is 17.8. The first-order valence-corrected chi connectivity index (χ1v) is 8.93. The number of aromatic nitrogens is 4. The van der Waals surface area contributed by atoms with Crippen molar-refractivity contribution in [2.24, 2.45) is 11.8 Å². The number of nitrogens with one attached hydrogen (secondary N) is 3. The molecule has 3 N–H and O–H groups in total. The fourth-order valence-corrected chi connectivity index (χ4v) is 4.43. The van der Waals surface area contributed by atoms with Crippen LogP contribution in [0.3, 0.4) is 0 Å². The molecule has 2 aromatic rings. The van der Waals surface area contributed by atoms with Crippen LogP contribution in [-0.2, 0) is 4.79 Å². The molecule has 5 atom stereocenters. The minimum Gasteiger partial charge on any atom is -0.355 e. The van der Waals surface area contributed by atoms with Crippen LogP contribution in [0.1, 0.15) is 6.92 Å². The van der Waals surface area contributed by atoms with E-state index < -0.39 is 18.1 Å². The molecule has 5 heterocycles. The molecule has 138 valence electrons. The molecule has 5 rings (SSSR count). The Kier molecular flexibility index (Phi) is 3.57. The number of rotatable bonds is 2. The number of amides is 1. The molecular formula is C16H21FN8O. The van der Waals surface area contributed by atoms with E-state index in [0.29, 0.717) is 11.8 Å². The molecule has 2 aromatic heterocycles. The van der Waals surface area contributed by atoms with E-state index >= 15 is 0 Å². The van der Waals surface area contributed by atoms with E-state index in [-0.39, 0.29) is 6.29 Å². The molecule has 9 nitrogen and oxygen atoms in total. The smallest absolute Gasteiger partial charge is 0.258 e. The normalized spacial score (nSPS) is 35.1. The molecule has 3 fully saturated rings. The number of carbonyl (C=O) groups is 1. The Morgan fingerprint density at radius 1 is 1.19 bits per heavy atom. The number of halogens is 1. The Hall–Kier alpha value is -2.33. The Morgan fingerprint density at radius 2 is 1.96 bits per heavy atom. The van der Waals surface area contributed by atoms with Crippen molar-refractivity contribution in [2.45, 2.75) is 25.4 Å². The van der Waals surface area contributed by atoms with Gasteiger partial charge in [-0.15, -0.1) is 0 Å². The first-order chi connectivity index (χ1) is 12.6. The predicted octanol–water partition coefficient (Wildman–Crippen LogP) is -0.549. The average Bonchev–Trinajstić information content (AvgIpc) is 3.32. The van der Waals surface area contributed by atoms with Gasteiger partial charge in [0.2, 0.25) is 0 Å². The predicted molar refractivity (Wildman–Crippen MR) is 91.9 cm³/mol. The van der Waals surface area contributed by atoms with Crippen LogP contribution < -0.4 is 15.5 Å². The van der Waals surface area contributed by atoms with Crippen LogP contribution in [0.15, 0.2) is 12.5 Å². The summed E-state index contributed by atoms with van der Waals surface area (Å²) in [5.74, 6) is 1.37. The quantitative estimate of drug-likeness (QED) is 0.660. The number of H-pyrrole nitrogens is 1. The number of anilines is 1. The zero-order valence-electron chi connectivity index (χ0n) is 14.4. The van der Waals surface area contributed by atoms with Crippen molar-refractivity contribution in [3.05, 3.63) is 12.5 Å². The lowest BCUT2D eigenvalue weighted by atomic mass is 10.0. The molecule has 0 aromatic carbocycles. The van der Waals surface area contributed by atoms with Gasteiger partial charge in [-0.25, -0.2) is 14.4 Å². The third-order valence-electron chi connectivity index (χ3n) is 5.80. The SMILES string of the molecule is CC1NC(N2CC3CN(c4ncnc5[nH]ncc45)CC3C2)NC(=O)C1F. The number of nitrogens with zero attached hydrogens (tertiary/aromatic N) is 5. The Labute approximate surface area is 149 Å². The lowest BCUT2D eigenvalue weighted by Gasteiger charge is -2.37. The van der Waals surface area contributed by atoms with Gasteiger partial charge in [-0.1, -0.05) is 0 Å². The summed E-state index contributed by atoms with van der Waals surface area (Å²) in [4.78, 5) is 24.9. The second-order valence-electron chi connectivity index (χ2n) is 7.48. The van der Waals surface area contributed by atoms with Crippen molar-refractivity contribution < 1.29 is 9.18 Å².